The van der Waals surface area contributed by atoms with E-state index in [9.17, 15) is 4.79 Å². The third-order valence-electron chi connectivity index (χ3n) is 2.72. The minimum atomic E-state index is -0.259. The van der Waals surface area contributed by atoms with Crippen molar-refractivity contribution in [3.63, 3.8) is 0 Å². The first-order valence-corrected chi connectivity index (χ1v) is 6.14. The Kier molecular flexibility index (Phi) is 4.30. The molecule has 100 valence electrons. The Morgan fingerprint density at radius 1 is 1.42 bits per heavy atom. The Hall–Kier alpha value is -2.14. The molecule has 1 aromatic heterocycles. The van der Waals surface area contributed by atoms with Crippen LogP contribution in [0, 0.1) is 6.92 Å². The highest BCUT2D eigenvalue weighted by Crippen LogP contribution is 2.12. The van der Waals surface area contributed by atoms with E-state index in [0.29, 0.717) is 19.7 Å². The van der Waals surface area contributed by atoms with E-state index in [1.165, 1.54) is 0 Å². The van der Waals surface area contributed by atoms with E-state index in [-0.39, 0.29) is 5.69 Å². The lowest BCUT2D eigenvalue weighted by Gasteiger charge is -2.09. The second-order valence-corrected chi connectivity index (χ2v) is 4.31. The predicted octanol–water partition coefficient (Wildman–Crippen LogP) is 1.09. The Balaban J connectivity index is 1.96. The summed E-state index contributed by atoms with van der Waals surface area (Å²) in [5.41, 5.74) is 7.28. The van der Waals surface area contributed by atoms with Crippen LogP contribution in [0.25, 0.3) is 0 Å². The van der Waals surface area contributed by atoms with Crippen LogP contribution in [0.2, 0.25) is 0 Å². The van der Waals surface area contributed by atoms with Crippen LogP contribution >= 0.6 is 0 Å². The molecule has 1 aromatic carbocycles. The molecular formula is C14H17N3O2. The van der Waals surface area contributed by atoms with E-state index in [4.69, 9.17) is 10.5 Å². The standard InChI is InChI=1S/C14H17N3O2/c1-11-9-16-14(18)17(10-11)5-6-19-13-4-2-3-12(7-13)8-15/h2-4,7,9-10H,5-6,8,15H2,1H3. The third kappa shape index (κ3) is 3.66. The smallest absolute Gasteiger partial charge is 0.347 e. The Bertz CT molecular complexity index is 608. The molecule has 0 fully saturated rings. The number of benzene rings is 1. The molecule has 0 spiro atoms. The van der Waals surface area contributed by atoms with Crippen LogP contribution in [0.3, 0.4) is 0 Å². The van der Waals surface area contributed by atoms with Gasteiger partial charge in [0.2, 0.25) is 0 Å². The van der Waals surface area contributed by atoms with Crippen LogP contribution in [-0.2, 0) is 13.1 Å². The Morgan fingerprint density at radius 3 is 3.05 bits per heavy atom. The van der Waals surface area contributed by atoms with Gasteiger partial charge in [0.05, 0.1) is 6.54 Å². The zero-order valence-corrected chi connectivity index (χ0v) is 10.9. The highest BCUT2D eigenvalue weighted by molar-refractivity contribution is 5.28. The topological polar surface area (TPSA) is 70.1 Å². The van der Waals surface area contributed by atoms with Gasteiger partial charge in [-0.25, -0.2) is 9.78 Å². The van der Waals surface area contributed by atoms with Gasteiger partial charge in [-0.3, -0.25) is 4.57 Å². The van der Waals surface area contributed by atoms with Gasteiger partial charge in [0.25, 0.3) is 0 Å². The van der Waals surface area contributed by atoms with Crippen molar-refractivity contribution in [2.45, 2.75) is 20.0 Å². The molecule has 0 amide bonds. The van der Waals surface area contributed by atoms with E-state index in [1.807, 2.05) is 31.2 Å². The quantitative estimate of drug-likeness (QED) is 0.872. The number of nitrogens with two attached hydrogens (primary N) is 1. The van der Waals surface area contributed by atoms with Crippen molar-refractivity contribution < 1.29 is 4.74 Å². The summed E-state index contributed by atoms with van der Waals surface area (Å²) in [5.74, 6) is 0.761. The van der Waals surface area contributed by atoms with Crippen molar-refractivity contribution in [2.24, 2.45) is 5.73 Å². The van der Waals surface area contributed by atoms with Gasteiger partial charge >= 0.3 is 5.69 Å². The fraction of sp³-hybridized carbons (Fsp3) is 0.286. The van der Waals surface area contributed by atoms with Crippen LogP contribution in [0.5, 0.6) is 5.75 Å². The molecule has 0 saturated heterocycles. The number of ether oxygens (including phenoxy) is 1. The summed E-state index contributed by atoms with van der Waals surface area (Å²) in [7, 11) is 0. The molecule has 0 radical (unpaired) electrons. The molecule has 2 aromatic rings. The molecule has 2 rings (SSSR count). The number of aromatic nitrogens is 2. The van der Waals surface area contributed by atoms with Crippen molar-refractivity contribution in [1.29, 1.82) is 0 Å². The molecule has 1 heterocycles. The van der Waals surface area contributed by atoms with Gasteiger partial charge in [-0.2, -0.15) is 0 Å². The van der Waals surface area contributed by atoms with Crippen molar-refractivity contribution in [3.8, 4) is 5.75 Å². The molecule has 2 N–H and O–H groups in total. The van der Waals surface area contributed by atoms with Gasteiger partial charge in [-0.1, -0.05) is 12.1 Å². The molecule has 0 aliphatic carbocycles. The second-order valence-electron chi connectivity index (χ2n) is 4.31. The molecule has 5 nitrogen and oxygen atoms in total. The summed E-state index contributed by atoms with van der Waals surface area (Å²) in [6.45, 7) is 3.27. The van der Waals surface area contributed by atoms with Gasteiger partial charge in [0.15, 0.2) is 0 Å². The lowest BCUT2D eigenvalue weighted by molar-refractivity contribution is 0.295. The fourth-order valence-corrected chi connectivity index (χ4v) is 1.75. The number of nitrogens with zero attached hydrogens (tertiary/aromatic N) is 2. The van der Waals surface area contributed by atoms with Gasteiger partial charge in [-0.05, 0) is 30.2 Å². The van der Waals surface area contributed by atoms with E-state index in [1.54, 1.807) is 17.0 Å². The molecule has 0 aliphatic heterocycles. The first kappa shape index (κ1) is 13.3. The monoisotopic (exact) mass is 259 g/mol. The number of rotatable bonds is 5. The molecule has 0 atom stereocenters. The molecular weight excluding hydrogens is 242 g/mol. The highest BCUT2D eigenvalue weighted by atomic mass is 16.5. The number of hydrogen-bond acceptors (Lipinski definition) is 4. The van der Waals surface area contributed by atoms with Crippen molar-refractivity contribution in [2.75, 3.05) is 6.61 Å². The largest absolute Gasteiger partial charge is 0.492 e. The van der Waals surface area contributed by atoms with E-state index < -0.39 is 0 Å². The highest BCUT2D eigenvalue weighted by Gasteiger charge is 1.99. The lowest BCUT2D eigenvalue weighted by atomic mass is 10.2. The Morgan fingerprint density at radius 2 is 2.26 bits per heavy atom. The van der Waals surface area contributed by atoms with Crippen LogP contribution in [0.15, 0.2) is 41.5 Å². The average molecular weight is 259 g/mol. The molecule has 19 heavy (non-hydrogen) atoms. The molecule has 5 heteroatoms. The summed E-state index contributed by atoms with van der Waals surface area (Å²) in [6.07, 6.45) is 3.33. The first-order chi connectivity index (χ1) is 9.19. The van der Waals surface area contributed by atoms with E-state index in [0.717, 1.165) is 16.9 Å². The van der Waals surface area contributed by atoms with Crippen molar-refractivity contribution in [1.82, 2.24) is 9.55 Å². The van der Waals surface area contributed by atoms with Crippen LogP contribution in [0.4, 0.5) is 0 Å². The molecule has 0 bridgehead atoms. The SMILES string of the molecule is Cc1cnc(=O)n(CCOc2cccc(CN)c2)c1. The lowest BCUT2D eigenvalue weighted by Crippen LogP contribution is -2.25. The maximum Gasteiger partial charge on any atom is 0.347 e. The zero-order valence-electron chi connectivity index (χ0n) is 10.9. The fourth-order valence-electron chi connectivity index (χ4n) is 1.75. The molecule has 0 saturated carbocycles. The molecule has 0 unspecified atom stereocenters. The normalized spacial score (nSPS) is 10.4. The van der Waals surface area contributed by atoms with E-state index >= 15 is 0 Å². The minimum Gasteiger partial charge on any atom is -0.492 e. The van der Waals surface area contributed by atoms with E-state index in [2.05, 4.69) is 4.98 Å². The van der Waals surface area contributed by atoms with Crippen LogP contribution in [0.1, 0.15) is 11.1 Å². The second kappa shape index (κ2) is 6.15. The summed E-state index contributed by atoms with van der Waals surface area (Å²) >= 11 is 0. The van der Waals surface area contributed by atoms with Gasteiger partial charge in [0, 0.05) is 18.9 Å². The molecule has 0 aliphatic rings. The van der Waals surface area contributed by atoms with Crippen molar-refractivity contribution >= 4 is 0 Å². The summed E-state index contributed by atoms with van der Waals surface area (Å²) < 4.78 is 7.15. The predicted molar refractivity (Wildman–Crippen MR) is 73.1 cm³/mol. The maximum atomic E-state index is 11.5. The van der Waals surface area contributed by atoms with Gasteiger partial charge in [-0.15, -0.1) is 0 Å². The summed E-state index contributed by atoms with van der Waals surface area (Å²) in [4.78, 5) is 15.3. The summed E-state index contributed by atoms with van der Waals surface area (Å²) in [6, 6.07) is 7.62. The van der Waals surface area contributed by atoms with Gasteiger partial charge in [0.1, 0.15) is 12.4 Å². The average Bonchev–Trinajstić information content (AvgIpc) is 2.43. The first-order valence-electron chi connectivity index (χ1n) is 6.14. The van der Waals surface area contributed by atoms with Crippen LogP contribution in [-0.4, -0.2) is 16.2 Å². The van der Waals surface area contributed by atoms with Crippen LogP contribution < -0.4 is 16.2 Å². The number of hydrogen-bond donors (Lipinski definition) is 1. The maximum absolute atomic E-state index is 11.5. The summed E-state index contributed by atoms with van der Waals surface area (Å²) in [5, 5.41) is 0. The minimum absolute atomic E-state index is 0.259. The van der Waals surface area contributed by atoms with Gasteiger partial charge < -0.3 is 10.5 Å². The Labute approximate surface area is 111 Å². The zero-order chi connectivity index (χ0) is 13.7. The van der Waals surface area contributed by atoms with Crippen molar-refractivity contribution in [3.05, 3.63) is 58.3 Å². The third-order valence-corrected chi connectivity index (χ3v) is 2.72. The number of aryl methyl sites for hydroxylation is 1.